The van der Waals surface area contributed by atoms with Gasteiger partial charge in [-0.25, -0.2) is 0 Å². The van der Waals surface area contributed by atoms with E-state index in [2.05, 4.69) is 49.3 Å². The van der Waals surface area contributed by atoms with E-state index in [0.717, 1.165) is 19.4 Å². The third-order valence-corrected chi connectivity index (χ3v) is 3.09. The fourth-order valence-corrected chi connectivity index (χ4v) is 2.00. The second-order valence-corrected chi connectivity index (χ2v) is 4.54. The topological polar surface area (TPSA) is 12.0 Å². The molecule has 20 heavy (non-hydrogen) atoms. The van der Waals surface area contributed by atoms with E-state index in [1.807, 2.05) is 36.4 Å². The molecule has 0 radical (unpaired) electrons. The molecule has 0 atom stereocenters. The molecule has 1 nitrogen and oxygen atoms in total. The molecule has 1 aromatic carbocycles. The lowest BCUT2D eigenvalue weighted by molar-refractivity contribution is 0.430. The van der Waals surface area contributed by atoms with Gasteiger partial charge in [-0.05, 0) is 18.4 Å². The summed E-state index contributed by atoms with van der Waals surface area (Å²) >= 11 is 0. The summed E-state index contributed by atoms with van der Waals surface area (Å²) in [5.41, 5.74) is 1.07. The Hall–Kier alpha value is -1.38. The van der Waals surface area contributed by atoms with Gasteiger partial charge >= 0.3 is 0 Å². The van der Waals surface area contributed by atoms with Crippen LogP contribution in [0.5, 0.6) is 0 Å². The first-order valence-electron chi connectivity index (χ1n) is 6.58. The van der Waals surface area contributed by atoms with Gasteiger partial charge in [-0.15, -0.1) is 36.7 Å². The molecule has 0 aliphatic carbocycles. The SMILES string of the molecule is Br.C=CCC(C=C)(CC=C)NCC=Cc1ccccc1. The van der Waals surface area contributed by atoms with Gasteiger partial charge in [0.1, 0.15) is 0 Å². The molecule has 1 aromatic rings. The Morgan fingerprint density at radius 3 is 2.10 bits per heavy atom. The van der Waals surface area contributed by atoms with Crippen molar-refractivity contribution in [3.63, 3.8) is 0 Å². The highest BCUT2D eigenvalue weighted by Crippen LogP contribution is 2.18. The molecule has 108 valence electrons. The molecule has 1 N–H and O–H groups in total. The molecule has 2 heteroatoms. The second-order valence-electron chi connectivity index (χ2n) is 4.54. The minimum absolute atomic E-state index is 0. The second kappa shape index (κ2) is 10.4. The Morgan fingerprint density at radius 1 is 1.00 bits per heavy atom. The molecule has 0 aliphatic rings. The van der Waals surface area contributed by atoms with Crippen LogP contribution in [-0.4, -0.2) is 12.1 Å². The highest BCUT2D eigenvalue weighted by molar-refractivity contribution is 8.93. The predicted octanol–water partition coefficient (Wildman–Crippen LogP) is 4.94. The predicted molar refractivity (Wildman–Crippen MR) is 96.4 cm³/mol. The van der Waals surface area contributed by atoms with Gasteiger partial charge in [-0.2, -0.15) is 0 Å². The maximum atomic E-state index is 3.93. The van der Waals surface area contributed by atoms with E-state index in [4.69, 9.17) is 0 Å². The first kappa shape index (κ1) is 18.6. The minimum Gasteiger partial charge on any atom is -0.304 e. The fraction of sp³-hybridized carbons (Fsp3) is 0.222. The van der Waals surface area contributed by atoms with Crippen LogP contribution >= 0.6 is 17.0 Å². The van der Waals surface area contributed by atoms with Crippen LogP contribution in [0.3, 0.4) is 0 Å². The molecule has 0 aromatic heterocycles. The summed E-state index contributed by atoms with van der Waals surface area (Å²) < 4.78 is 0. The van der Waals surface area contributed by atoms with Crippen molar-refractivity contribution in [2.24, 2.45) is 0 Å². The molecular weight excluding hydrogens is 310 g/mol. The highest BCUT2D eigenvalue weighted by Gasteiger charge is 2.21. The van der Waals surface area contributed by atoms with Crippen molar-refractivity contribution in [1.82, 2.24) is 5.32 Å². The average molecular weight is 334 g/mol. The zero-order valence-corrected chi connectivity index (χ0v) is 13.6. The monoisotopic (exact) mass is 333 g/mol. The summed E-state index contributed by atoms with van der Waals surface area (Å²) in [6.07, 6.45) is 11.7. The van der Waals surface area contributed by atoms with Crippen LogP contribution in [0.25, 0.3) is 6.08 Å². The molecule has 0 saturated carbocycles. The Labute approximate surface area is 133 Å². The molecule has 1 rings (SSSR count). The lowest BCUT2D eigenvalue weighted by Gasteiger charge is -2.29. The van der Waals surface area contributed by atoms with Crippen LogP contribution in [0, 0.1) is 0 Å². The lowest BCUT2D eigenvalue weighted by atomic mass is 9.91. The molecule has 0 heterocycles. The smallest absolute Gasteiger partial charge is 0.0433 e. The largest absolute Gasteiger partial charge is 0.304 e. The standard InChI is InChI=1S/C18H23N.BrH/c1-4-14-18(6-3,15-5-2)19-16-10-13-17-11-8-7-9-12-17;/h4-13,19H,1-3,14-16H2;1H. The van der Waals surface area contributed by atoms with E-state index >= 15 is 0 Å². The molecule has 0 saturated heterocycles. The Bertz CT molecular complexity index is 424. The number of rotatable bonds is 9. The molecule has 0 bridgehead atoms. The van der Waals surface area contributed by atoms with Crippen molar-refractivity contribution in [1.29, 1.82) is 0 Å². The Morgan fingerprint density at radius 2 is 1.60 bits per heavy atom. The molecule has 0 fully saturated rings. The zero-order chi connectivity index (χ0) is 14.0. The van der Waals surface area contributed by atoms with E-state index in [1.54, 1.807) is 0 Å². The van der Waals surface area contributed by atoms with Crippen LogP contribution in [-0.2, 0) is 0 Å². The average Bonchev–Trinajstić information content (AvgIpc) is 2.45. The number of benzene rings is 1. The van der Waals surface area contributed by atoms with Crippen LogP contribution < -0.4 is 5.32 Å². The van der Waals surface area contributed by atoms with Crippen molar-refractivity contribution in [2.75, 3.05) is 6.54 Å². The van der Waals surface area contributed by atoms with Crippen LogP contribution in [0.15, 0.2) is 74.4 Å². The Balaban J connectivity index is 0.00000361. The summed E-state index contributed by atoms with van der Waals surface area (Å²) in [6.45, 7) is 12.3. The van der Waals surface area contributed by atoms with Gasteiger partial charge in [-0.1, -0.05) is 60.7 Å². The van der Waals surface area contributed by atoms with Crippen molar-refractivity contribution >= 4 is 23.1 Å². The highest BCUT2D eigenvalue weighted by atomic mass is 79.9. The zero-order valence-electron chi connectivity index (χ0n) is 11.9. The van der Waals surface area contributed by atoms with Crippen molar-refractivity contribution in [2.45, 2.75) is 18.4 Å². The fourth-order valence-electron chi connectivity index (χ4n) is 2.00. The maximum Gasteiger partial charge on any atom is 0.0433 e. The number of nitrogens with one attached hydrogen (secondary N) is 1. The van der Waals surface area contributed by atoms with Gasteiger partial charge in [0.2, 0.25) is 0 Å². The van der Waals surface area contributed by atoms with Gasteiger partial charge in [-0.3, -0.25) is 0 Å². The van der Waals surface area contributed by atoms with Gasteiger partial charge < -0.3 is 5.32 Å². The minimum atomic E-state index is -0.134. The van der Waals surface area contributed by atoms with E-state index in [9.17, 15) is 0 Å². The maximum absolute atomic E-state index is 3.93. The third kappa shape index (κ3) is 6.18. The van der Waals surface area contributed by atoms with E-state index in [-0.39, 0.29) is 22.5 Å². The molecule has 0 spiro atoms. The van der Waals surface area contributed by atoms with Crippen LogP contribution in [0.1, 0.15) is 18.4 Å². The van der Waals surface area contributed by atoms with Gasteiger partial charge in [0.15, 0.2) is 0 Å². The number of hydrogen-bond donors (Lipinski definition) is 1. The summed E-state index contributed by atoms with van der Waals surface area (Å²) in [4.78, 5) is 0. The number of halogens is 1. The normalized spacial score (nSPS) is 10.8. The molecular formula is C18H24BrN. The summed E-state index contributed by atoms with van der Waals surface area (Å²) in [5.74, 6) is 0. The van der Waals surface area contributed by atoms with Gasteiger partial charge in [0.05, 0.1) is 0 Å². The molecule has 0 amide bonds. The van der Waals surface area contributed by atoms with Crippen molar-refractivity contribution in [3.8, 4) is 0 Å². The van der Waals surface area contributed by atoms with Crippen molar-refractivity contribution in [3.05, 3.63) is 79.9 Å². The van der Waals surface area contributed by atoms with Gasteiger partial charge in [0, 0.05) is 12.1 Å². The summed E-state index contributed by atoms with van der Waals surface area (Å²) in [7, 11) is 0. The first-order valence-corrected chi connectivity index (χ1v) is 6.58. The van der Waals surface area contributed by atoms with E-state index in [0.29, 0.717) is 0 Å². The summed E-state index contributed by atoms with van der Waals surface area (Å²) in [6, 6.07) is 10.3. The quantitative estimate of drug-likeness (QED) is 0.631. The van der Waals surface area contributed by atoms with Gasteiger partial charge in [0.25, 0.3) is 0 Å². The first-order chi connectivity index (χ1) is 9.26. The summed E-state index contributed by atoms with van der Waals surface area (Å²) in [5, 5.41) is 3.51. The third-order valence-electron chi connectivity index (χ3n) is 3.09. The lowest BCUT2D eigenvalue weighted by Crippen LogP contribution is -2.42. The Kier molecular flexibility index (Phi) is 9.69. The van der Waals surface area contributed by atoms with Crippen molar-refractivity contribution < 1.29 is 0 Å². The number of hydrogen-bond acceptors (Lipinski definition) is 1. The van der Waals surface area contributed by atoms with E-state index < -0.39 is 0 Å². The van der Waals surface area contributed by atoms with Crippen LogP contribution in [0.4, 0.5) is 0 Å². The molecule has 0 aliphatic heterocycles. The molecule has 0 unspecified atom stereocenters. The van der Waals surface area contributed by atoms with Crippen LogP contribution in [0.2, 0.25) is 0 Å². The van der Waals surface area contributed by atoms with E-state index in [1.165, 1.54) is 5.56 Å².